The smallest absolute Gasteiger partial charge is 0.341 e. The summed E-state index contributed by atoms with van der Waals surface area (Å²) in [4.78, 5) is 29.3. The maximum atomic E-state index is 11.2. The Morgan fingerprint density at radius 1 is 0.453 bits per heavy atom. The number of hydrogen-bond donors (Lipinski definition) is 3. The first kappa shape index (κ1) is 31.7. The van der Waals surface area contributed by atoms with Gasteiger partial charge in [-0.2, -0.15) is 0 Å². The van der Waals surface area contributed by atoms with Crippen molar-refractivity contribution in [3.63, 3.8) is 0 Å². The van der Waals surface area contributed by atoms with Gasteiger partial charge < -0.3 is 19.8 Å². The van der Waals surface area contributed by atoms with Gasteiger partial charge in [-0.15, -0.1) is 0 Å². The molecule has 53 heavy (non-hydrogen) atoms. The molecule has 2 aliphatic heterocycles. The number of aromatic nitrogens is 4. The second kappa shape index (κ2) is 13.5. The van der Waals surface area contributed by atoms with E-state index in [4.69, 9.17) is 19.8 Å². The molecule has 0 atom stereocenters. The van der Waals surface area contributed by atoms with Gasteiger partial charge in [-0.3, -0.25) is 0 Å². The van der Waals surface area contributed by atoms with Crippen LogP contribution in [0.2, 0.25) is 0 Å². The first-order valence-electron chi connectivity index (χ1n) is 17.4. The van der Waals surface area contributed by atoms with Crippen LogP contribution >= 0.6 is 0 Å². The molecule has 0 amide bonds. The normalized spacial score (nSPS) is 11.8. The van der Waals surface area contributed by atoms with E-state index in [-0.39, 0.29) is 0 Å². The zero-order valence-electron chi connectivity index (χ0n) is 28.5. The van der Waals surface area contributed by atoms with Crippen molar-refractivity contribution in [2.45, 2.75) is 0 Å². The van der Waals surface area contributed by atoms with Gasteiger partial charge in [0.25, 0.3) is 0 Å². The van der Waals surface area contributed by atoms with Crippen LogP contribution < -0.4 is 4.74 Å². The molecule has 0 saturated carbocycles. The third-order valence-corrected chi connectivity index (χ3v) is 9.45. The summed E-state index contributed by atoms with van der Waals surface area (Å²) in [6.07, 6.45) is 8.31. The van der Waals surface area contributed by atoms with E-state index < -0.39 is 12.6 Å². The molecular weight excluding hydrogens is 657 g/mol. The minimum atomic E-state index is -1.03. The van der Waals surface area contributed by atoms with Crippen LogP contribution in [0.15, 0.2) is 140 Å². The number of hydrogen-bond acceptors (Lipinski definition) is 4. The van der Waals surface area contributed by atoms with Gasteiger partial charge in [0.1, 0.15) is 5.75 Å². The lowest BCUT2D eigenvalue weighted by molar-refractivity contribution is -0.139. The number of H-pyrrole nitrogens is 2. The molecule has 5 heterocycles. The Morgan fingerprint density at radius 3 is 1.09 bits per heavy atom. The summed E-state index contributed by atoms with van der Waals surface area (Å²) in [5, 5.41) is 9.14. The third kappa shape index (κ3) is 6.10. The van der Waals surface area contributed by atoms with Crippen molar-refractivity contribution in [1.82, 2.24) is 19.9 Å². The van der Waals surface area contributed by atoms with Gasteiger partial charge in [0.2, 0.25) is 0 Å². The number of nitrogens with zero attached hydrogens (tertiary/aromatic N) is 2. The summed E-state index contributed by atoms with van der Waals surface area (Å²) >= 11 is 0. The van der Waals surface area contributed by atoms with Gasteiger partial charge >= 0.3 is 5.97 Å². The second-order valence-electron chi connectivity index (χ2n) is 12.8. The first-order valence-corrected chi connectivity index (χ1v) is 17.4. The van der Waals surface area contributed by atoms with Crippen LogP contribution in [-0.2, 0) is 4.79 Å². The summed E-state index contributed by atoms with van der Waals surface area (Å²) in [5.74, 6) is -0.556. The molecule has 8 bridgehead atoms. The SMILES string of the molecule is O=C(O)COc1ccc(-c2c3nc(c(-c4ccccc4)c4ccc([nH]4)c(-c4ccccc4)c4nc(c(-c5ccccc5)c5ccc2[nH]5)C=C4)C=C3)cc1. The molecule has 4 aromatic carbocycles. The number of benzene rings is 4. The molecular formula is C46H32N4O3. The van der Waals surface area contributed by atoms with E-state index in [9.17, 15) is 4.79 Å². The predicted octanol–water partition coefficient (Wildman–Crippen LogP) is 10.8. The van der Waals surface area contributed by atoms with Gasteiger partial charge in [0.05, 0.1) is 22.8 Å². The molecule has 0 fully saturated rings. The fraction of sp³-hybridized carbons (Fsp3) is 0.0217. The summed E-state index contributed by atoms with van der Waals surface area (Å²) in [5.41, 5.74) is 14.8. The molecule has 9 rings (SSSR count). The molecule has 254 valence electrons. The number of ether oxygens (including phenoxy) is 1. The molecule has 3 aromatic heterocycles. The number of nitrogens with one attached hydrogen (secondary N) is 2. The van der Waals surface area contributed by atoms with E-state index in [2.05, 4.69) is 107 Å². The fourth-order valence-corrected chi connectivity index (χ4v) is 7.10. The van der Waals surface area contributed by atoms with Crippen LogP contribution in [-0.4, -0.2) is 37.6 Å². The fourth-order valence-electron chi connectivity index (χ4n) is 7.10. The molecule has 7 nitrogen and oxygen atoms in total. The van der Waals surface area contributed by atoms with Crippen molar-refractivity contribution < 1.29 is 14.6 Å². The molecule has 0 spiro atoms. The van der Waals surface area contributed by atoms with Crippen molar-refractivity contribution in [2.75, 3.05) is 6.61 Å². The zero-order valence-corrected chi connectivity index (χ0v) is 28.5. The summed E-state index contributed by atoms with van der Waals surface area (Å²) in [6, 6.07) is 46.9. The topological polar surface area (TPSA) is 104 Å². The standard InChI is InChI=1S/C46H32N4O3/c51-42(52)28-53-33-18-16-32(17-19-33)46-40-26-24-38(49-40)44(30-12-6-2-7-13-30)36-22-20-34(47-36)43(29-10-4-1-5-11-29)35-21-23-37(48-35)45(31-14-8-3-9-15-31)39-25-27-41(46)50-39/h1-27,47,50H,28H2,(H,51,52). The van der Waals surface area contributed by atoms with Crippen LogP contribution in [0.1, 0.15) is 22.8 Å². The third-order valence-electron chi connectivity index (χ3n) is 9.45. The monoisotopic (exact) mass is 688 g/mol. The van der Waals surface area contributed by atoms with Gasteiger partial charge in [-0.1, -0.05) is 103 Å². The number of aromatic amines is 2. The molecule has 2 aliphatic rings. The average Bonchev–Trinajstić information content (AvgIpc) is 4.04. The summed E-state index contributed by atoms with van der Waals surface area (Å²) in [7, 11) is 0. The Bertz CT molecular complexity index is 2690. The van der Waals surface area contributed by atoms with E-state index in [1.165, 1.54) is 0 Å². The molecule has 0 aliphatic carbocycles. The maximum absolute atomic E-state index is 11.2. The van der Waals surface area contributed by atoms with Crippen molar-refractivity contribution in [1.29, 1.82) is 0 Å². The van der Waals surface area contributed by atoms with Crippen molar-refractivity contribution in [2.24, 2.45) is 0 Å². The number of fused-ring (bicyclic) bond motifs is 8. The lowest BCUT2D eigenvalue weighted by Gasteiger charge is -2.08. The quantitative estimate of drug-likeness (QED) is 0.155. The van der Waals surface area contributed by atoms with Crippen molar-refractivity contribution in [3.8, 4) is 50.3 Å². The van der Waals surface area contributed by atoms with E-state index in [1.54, 1.807) is 12.1 Å². The highest BCUT2D eigenvalue weighted by Gasteiger charge is 2.19. The van der Waals surface area contributed by atoms with Crippen LogP contribution in [0.25, 0.3) is 90.9 Å². The van der Waals surface area contributed by atoms with E-state index in [0.29, 0.717) is 5.75 Å². The lowest BCUT2D eigenvalue weighted by atomic mass is 10.0. The van der Waals surface area contributed by atoms with Gasteiger partial charge in [-0.05, 0) is 83.0 Å². The predicted molar refractivity (Wildman–Crippen MR) is 214 cm³/mol. The van der Waals surface area contributed by atoms with Gasteiger partial charge in [-0.25, -0.2) is 14.8 Å². The highest BCUT2D eigenvalue weighted by Crippen LogP contribution is 2.38. The van der Waals surface area contributed by atoms with Crippen LogP contribution in [0, 0.1) is 0 Å². The molecule has 0 saturated heterocycles. The molecule has 0 unspecified atom stereocenters. The maximum Gasteiger partial charge on any atom is 0.341 e. The number of carboxylic acid groups (broad SMARTS) is 1. The molecule has 7 aromatic rings. The second-order valence-corrected chi connectivity index (χ2v) is 12.8. The van der Waals surface area contributed by atoms with Crippen LogP contribution in [0.5, 0.6) is 5.75 Å². The Balaban J connectivity index is 1.41. The summed E-state index contributed by atoms with van der Waals surface area (Å²) < 4.78 is 5.46. The minimum Gasteiger partial charge on any atom is -0.482 e. The van der Waals surface area contributed by atoms with E-state index in [0.717, 1.165) is 89.4 Å². The van der Waals surface area contributed by atoms with E-state index >= 15 is 0 Å². The average molecular weight is 689 g/mol. The molecule has 7 heteroatoms. The Kier molecular flexibility index (Phi) is 8.06. The highest BCUT2D eigenvalue weighted by molar-refractivity contribution is 5.99. The molecule has 3 N–H and O–H groups in total. The Labute approximate surface area is 305 Å². The number of carbonyl (C=O) groups is 1. The first-order chi connectivity index (χ1) is 26.1. The Morgan fingerprint density at radius 2 is 0.774 bits per heavy atom. The van der Waals surface area contributed by atoms with Gasteiger partial charge in [0.15, 0.2) is 6.61 Å². The van der Waals surface area contributed by atoms with Gasteiger partial charge in [0, 0.05) is 44.3 Å². The van der Waals surface area contributed by atoms with Crippen molar-refractivity contribution >= 4 is 52.3 Å². The Hall–Kier alpha value is -7.25. The molecule has 0 radical (unpaired) electrons. The summed E-state index contributed by atoms with van der Waals surface area (Å²) in [6.45, 7) is -0.414. The van der Waals surface area contributed by atoms with Crippen LogP contribution in [0.3, 0.4) is 0 Å². The highest BCUT2D eigenvalue weighted by atomic mass is 16.5. The number of carboxylic acids is 1. The van der Waals surface area contributed by atoms with Crippen molar-refractivity contribution in [3.05, 3.63) is 162 Å². The minimum absolute atomic E-state index is 0.414. The zero-order chi connectivity index (χ0) is 35.7. The number of aliphatic carboxylic acids is 1. The van der Waals surface area contributed by atoms with Crippen LogP contribution in [0.4, 0.5) is 0 Å². The largest absolute Gasteiger partial charge is 0.482 e. The van der Waals surface area contributed by atoms with E-state index in [1.807, 2.05) is 54.6 Å². The lowest BCUT2D eigenvalue weighted by Crippen LogP contribution is -2.09. The number of rotatable bonds is 7.